The monoisotopic (exact) mass is 295 g/mol. The van der Waals surface area contributed by atoms with Crippen LogP contribution in [0.15, 0.2) is 42.5 Å². The molecule has 2 aromatic carbocycles. The fourth-order valence-electron chi connectivity index (χ4n) is 1.54. The van der Waals surface area contributed by atoms with Crippen molar-refractivity contribution < 1.29 is 9.53 Å². The van der Waals surface area contributed by atoms with Crippen molar-refractivity contribution in [2.75, 3.05) is 0 Å². The fraction of sp³-hybridized carbons (Fsp3) is 0.0714. The Bertz CT molecular complexity index is 577. The van der Waals surface area contributed by atoms with Gasteiger partial charge in [-0.15, -0.1) is 0 Å². The molecule has 2 rings (SSSR count). The summed E-state index contributed by atoms with van der Waals surface area (Å²) in [6.45, 7) is 0.308. The lowest BCUT2D eigenvalue weighted by Gasteiger charge is -2.09. The standard InChI is InChI=1S/C14H11Cl2NO2/c15-11-2-1-3-12(16)13(11)19-8-9-4-6-10(7-5-9)14(17)18/h1-7H,8H2,(H2,17,18). The van der Waals surface area contributed by atoms with Crippen molar-refractivity contribution in [3.8, 4) is 5.75 Å². The van der Waals surface area contributed by atoms with Gasteiger partial charge < -0.3 is 10.5 Å². The van der Waals surface area contributed by atoms with E-state index in [1.165, 1.54) is 0 Å². The minimum Gasteiger partial charge on any atom is -0.486 e. The van der Waals surface area contributed by atoms with Gasteiger partial charge in [-0.2, -0.15) is 0 Å². The molecule has 0 unspecified atom stereocenters. The number of carbonyl (C=O) groups is 1. The third-order valence-corrected chi connectivity index (χ3v) is 3.14. The number of rotatable bonds is 4. The van der Waals surface area contributed by atoms with Gasteiger partial charge in [0.1, 0.15) is 6.61 Å². The molecule has 0 radical (unpaired) electrons. The van der Waals surface area contributed by atoms with Crippen LogP contribution in [0.1, 0.15) is 15.9 Å². The molecule has 0 aliphatic rings. The first-order valence-electron chi connectivity index (χ1n) is 5.53. The quantitative estimate of drug-likeness (QED) is 0.935. The number of amides is 1. The first kappa shape index (κ1) is 13.7. The van der Waals surface area contributed by atoms with Crippen LogP contribution < -0.4 is 10.5 Å². The molecule has 0 saturated carbocycles. The van der Waals surface area contributed by atoms with Gasteiger partial charge >= 0.3 is 0 Å². The van der Waals surface area contributed by atoms with Crippen LogP contribution in [-0.2, 0) is 6.61 Å². The van der Waals surface area contributed by atoms with Crippen LogP contribution in [-0.4, -0.2) is 5.91 Å². The SMILES string of the molecule is NC(=O)c1ccc(COc2c(Cl)cccc2Cl)cc1. The van der Waals surface area contributed by atoms with Gasteiger partial charge in [0.25, 0.3) is 0 Å². The van der Waals surface area contributed by atoms with Gasteiger partial charge in [0.2, 0.25) is 5.91 Å². The lowest BCUT2D eigenvalue weighted by molar-refractivity contribution is 0.1000. The van der Waals surface area contributed by atoms with E-state index in [0.29, 0.717) is 28.0 Å². The molecule has 0 aliphatic carbocycles. The molecule has 19 heavy (non-hydrogen) atoms. The van der Waals surface area contributed by atoms with Crippen LogP contribution in [0.4, 0.5) is 0 Å². The van der Waals surface area contributed by atoms with Crippen LogP contribution in [0.2, 0.25) is 10.0 Å². The highest BCUT2D eigenvalue weighted by molar-refractivity contribution is 6.37. The van der Waals surface area contributed by atoms with Crippen LogP contribution in [0.5, 0.6) is 5.75 Å². The van der Waals surface area contributed by atoms with Crippen LogP contribution in [0.25, 0.3) is 0 Å². The maximum absolute atomic E-state index is 10.9. The number of benzene rings is 2. The van der Waals surface area contributed by atoms with E-state index in [9.17, 15) is 4.79 Å². The summed E-state index contributed by atoms with van der Waals surface area (Å²) in [5, 5.41) is 0.919. The topological polar surface area (TPSA) is 52.3 Å². The summed E-state index contributed by atoms with van der Waals surface area (Å²) in [7, 11) is 0. The molecule has 2 N–H and O–H groups in total. The first-order chi connectivity index (χ1) is 9.08. The Labute approximate surface area is 120 Å². The van der Waals surface area contributed by atoms with Gasteiger partial charge in [0, 0.05) is 5.56 Å². The first-order valence-corrected chi connectivity index (χ1v) is 6.29. The lowest BCUT2D eigenvalue weighted by atomic mass is 10.1. The molecule has 0 spiro atoms. The number of hydrogen-bond donors (Lipinski definition) is 1. The average Bonchev–Trinajstić information content (AvgIpc) is 2.38. The van der Waals surface area contributed by atoms with E-state index < -0.39 is 5.91 Å². The molecular weight excluding hydrogens is 285 g/mol. The molecule has 0 saturated heterocycles. The van der Waals surface area contributed by atoms with Gasteiger partial charge in [-0.25, -0.2) is 0 Å². The second-order valence-electron chi connectivity index (χ2n) is 3.90. The van der Waals surface area contributed by atoms with Crippen LogP contribution in [0.3, 0.4) is 0 Å². The van der Waals surface area contributed by atoms with Gasteiger partial charge in [-0.3, -0.25) is 4.79 Å². The Morgan fingerprint density at radius 1 is 1.05 bits per heavy atom. The number of carbonyl (C=O) groups excluding carboxylic acids is 1. The molecule has 98 valence electrons. The van der Waals surface area contributed by atoms with Gasteiger partial charge in [-0.1, -0.05) is 41.4 Å². The lowest BCUT2D eigenvalue weighted by Crippen LogP contribution is -2.10. The highest BCUT2D eigenvalue weighted by Crippen LogP contribution is 2.32. The Balaban J connectivity index is 2.08. The number of hydrogen-bond acceptors (Lipinski definition) is 2. The largest absolute Gasteiger partial charge is 0.486 e. The molecule has 0 aromatic heterocycles. The zero-order chi connectivity index (χ0) is 13.8. The van der Waals surface area contributed by atoms with E-state index >= 15 is 0 Å². The normalized spacial score (nSPS) is 10.2. The molecule has 0 aliphatic heterocycles. The highest BCUT2D eigenvalue weighted by atomic mass is 35.5. The van der Waals surface area contributed by atoms with Gasteiger partial charge in [0.15, 0.2) is 5.75 Å². The zero-order valence-electron chi connectivity index (χ0n) is 9.90. The number of nitrogens with two attached hydrogens (primary N) is 1. The summed E-state index contributed by atoms with van der Waals surface area (Å²) in [4.78, 5) is 10.9. The average molecular weight is 296 g/mol. The maximum atomic E-state index is 10.9. The van der Waals surface area contributed by atoms with E-state index in [1.807, 2.05) is 0 Å². The summed E-state index contributed by atoms with van der Waals surface area (Å²) in [5.74, 6) is -0.00794. The zero-order valence-corrected chi connectivity index (χ0v) is 11.4. The Morgan fingerprint density at radius 3 is 2.16 bits per heavy atom. The summed E-state index contributed by atoms with van der Waals surface area (Å²) >= 11 is 12.0. The number of halogens is 2. The smallest absolute Gasteiger partial charge is 0.248 e. The van der Waals surface area contributed by atoms with E-state index in [1.54, 1.807) is 42.5 Å². The summed E-state index contributed by atoms with van der Waals surface area (Å²) < 4.78 is 5.57. The van der Waals surface area contributed by atoms with E-state index in [2.05, 4.69) is 0 Å². The molecule has 5 heteroatoms. The van der Waals surface area contributed by atoms with Crippen molar-refractivity contribution in [1.29, 1.82) is 0 Å². The van der Waals surface area contributed by atoms with Gasteiger partial charge in [0.05, 0.1) is 10.0 Å². The predicted octanol–water partition coefficient (Wildman–Crippen LogP) is 3.67. The number of para-hydroxylation sites is 1. The number of ether oxygens (including phenoxy) is 1. The second-order valence-corrected chi connectivity index (χ2v) is 4.72. The van der Waals surface area contributed by atoms with Crippen LogP contribution in [0, 0.1) is 0 Å². The molecule has 0 fully saturated rings. The minimum absolute atomic E-state index is 0.308. The molecule has 0 heterocycles. The molecule has 2 aromatic rings. The summed E-state index contributed by atoms with van der Waals surface area (Å²) in [6.07, 6.45) is 0. The van der Waals surface area contributed by atoms with Crippen molar-refractivity contribution in [2.24, 2.45) is 5.73 Å². The maximum Gasteiger partial charge on any atom is 0.248 e. The Hall–Kier alpha value is -1.71. The Morgan fingerprint density at radius 2 is 1.63 bits per heavy atom. The van der Waals surface area contributed by atoms with Crippen molar-refractivity contribution in [3.63, 3.8) is 0 Å². The highest BCUT2D eigenvalue weighted by Gasteiger charge is 2.07. The van der Waals surface area contributed by atoms with Crippen molar-refractivity contribution in [3.05, 3.63) is 63.6 Å². The van der Waals surface area contributed by atoms with E-state index in [4.69, 9.17) is 33.7 Å². The number of primary amides is 1. The molecule has 3 nitrogen and oxygen atoms in total. The molecular formula is C14H11Cl2NO2. The fourth-order valence-corrected chi connectivity index (χ4v) is 2.05. The third kappa shape index (κ3) is 3.40. The van der Waals surface area contributed by atoms with Crippen molar-refractivity contribution in [1.82, 2.24) is 0 Å². The van der Waals surface area contributed by atoms with Crippen molar-refractivity contribution >= 4 is 29.1 Å². The summed E-state index contributed by atoms with van der Waals surface area (Å²) in [5.41, 5.74) is 6.51. The van der Waals surface area contributed by atoms with Crippen LogP contribution >= 0.6 is 23.2 Å². The van der Waals surface area contributed by atoms with Crippen molar-refractivity contribution in [2.45, 2.75) is 6.61 Å². The molecule has 0 bridgehead atoms. The predicted molar refractivity (Wildman–Crippen MR) is 75.8 cm³/mol. The van der Waals surface area contributed by atoms with Gasteiger partial charge in [-0.05, 0) is 29.8 Å². The third-order valence-electron chi connectivity index (χ3n) is 2.54. The summed E-state index contributed by atoms with van der Waals surface area (Å²) in [6, 6.07) is 12.0. The van der Waals surface area contributed by atoms with E-state index in [0.717, 1.165) is 5.56 Å². The molecule has 0 atom stereocenters. The Kier molecular flexibility index (Phi) is 4.30. The van der Waals surface area contributed by atoms with E-state index in [-0.39, 0.29) is 0 Å². The minimum atomic E-state index is -0.457. The second kappa shape index (κ2) is 5.95. The molecule has 1 amide bonds.